The summed E-state index contributed by atoms with van der Waals surface area (Å²) in [5.41, 5.74) is 5.85. The Bertz CT molecular complexity index is 249. The van der Waals surface area contributed by atoms with Crippen LogP contribution in [-0.2, 0) is 4.79 Å². The highest BCUT2D eigenvalue weighted by molar-refractivity contribution is 5.67. The molecule has 0 aliphatic heterocycles. The zero-order chi connectivity index (χ0) is 9.42. The molecular formula is C10H15NO2. The highest BCUT2D eigenvalue weighted by Gasteiger charge is 2.39. The van der Waals surface area contributed by atoms with Crippen LogP contribution in [0.15, 0.2) is 12.2 Å². The largest absolute Gasteiger partial charge is 0.481 e. The van der Waals surface area contributed by atoms with Gasteiger partial charge in [-0.3, -0.25) is 4.79 Å². The molecule has 0 unspecified atom stereocenters. The molecule has 4 atom stereocenters. The second kappa shape index (κ2) is 3.14. The lowest BCUT2D eigenvalue weighted by atomic mass is 9.86. The first kappa shape index (κ1) is 8.75. The Balaban J connectivity index is 1.95. The zero-order valence-corrected chi connectivity index (χ0v) is 7.52. The van der Waals surface area contributed by atoms with Gasteiger partial charge >= 0.3 is 5.97 Å². The third-order valence-corrected chi connectivity index (χ3v) is 3.29. The van der Waals surface area contributed by atoms with Crippen LogP contribution in [0.25, 0.3) is 0 Å². The molecule has 2 aliphatic rings. The molecule has 0 spiro atoms. The van der Waals surface area contributed by atoms with Crippen molar-refractivity contribution in [3.63, 3.8) is 0 Å². The standard InChI is InChI=1S/C10H15NO2/c11-9(5-10(12)13)8-4-6-1-2-7(8)3-6/h1-2,6-9H,3-5,11H2,(H,12,13)/t6-,7+,8-,9-/m0/s1. The predicted octanol–water partition coefficient (Wildman–Crippen LogP) is 1.00. The van der Waals surface area contributed by atoms with E-state index >= 15 is 0 Å². The molecule has 13 heavy (non-hydrogen) atoms. The van der Waals surface area contributed by atoms with Gasteiger partial charge in [-0.05, 0) is 30.6 Å². The van der Waals surface area contributed by atoms with E-state index in [1.54, 1.807) is 0 Å². The van der Waals surface area contributed by atoms with E-state index in [0.717, 1.165) is 6.42 Å². The molecule has 2 aliphatic carbocycles. The van der Waals surface area contributed by atoms with Gasteiger partial charge in [-0.1, -0.05) is 12.2 Å². The molecule has 0 amide bonds. The molecule has 0 aromatic carbocycles. The number of fused-ring (bicyclic) bond motifs is 2. The van der Waals surface area contributed by atoms with Crippen LogP contribution in [0.3, 0.4) is 0 Å². The van der Waals surface area contributed by atoms with Crippen LogP contribution >= 0.6 is 0 Å². The van der Waals surface area contributed by atoms with Crippen LogP contribution in [0, 0.1) is 17.8 Å². The first-order chi connectivity index (χ1) is 6.16. The maximum absolute atomic E-state index is 10.5. The first-order valence-electron chi connectivity index (χ1n) is 4.82. The molecular weight excluding hydrogens is 166 g/mol. The summed E-state index contributed by atoms with van der Waals surface area (Å²) >= 11 is 0. The van der Waals surface area contributed by atoms with E-state index in [1.165, 1.54) is 6.42 Å². The Morgan fingerprint density at radius 1 is 1.54 bits per heavy atom. The van der Waals surface area contributed by atoms with Gasteiger partial charge in [0.1, 0.15) is 0 Å². The normalized spacial score (nSPS) is 38.1. The van der Waals surface area contributed by atoms with E-state index < -0.39 is 5.97 Å². The van der Waals surface area contributed by atoms with Crippen molar-refractivity contribution >= 4 is 5.97 Å². The lowest BCUT2D eigenvalue weighted by Crippen LogP contribution is -2.34. The van der Waals surface area contributed by atoms with Gasteiger partial charge < -0.3 is 10.8 Å². The zero-order valence-electron chi connectivity index (χ0n) is 7.52. The second-order valence-electron chi connectivity index (χ2n) is 4.21. The fraction of sp³-hybridized carbons (Fsp3) is 0.700. The molecule has 0 radical (unpaired) electrons. The fourth-order valence-electron chi connectivity index (χ4n) is 2.67. The Labute approximate surface area is 77.6 Å². The molecule has 0 saturated heterocycles. The summed E-state index contributed by atoms with van der Waals surface area (Å²) in [6.45, 7) is 0. The third-order valence-electron chi connectivity index (χ3n) is 3.29. The summed E-state index contributed by atoms with van der Waals surface area (Å²) in [4.78, 5) is 10.5. The summed E-state index contributed by atoms with van der Waals surface area (Å²) in [5.74, 6) is 0.861. The fourth-order valence-corrected chi connectivity index (χ4v) is 2.67. The summed E-state index contributed by atoms with van der Waals surface area (Å²) in [5, 5.41) is 8.62. The van der Waals surface area contributed by atoms with Crippen molar-refractivity contribution in [2.45, 2.75) is 25.3 Å². The van der Waals surface area contributed by atoms with Gasteiger partial charge in [0.05, 0.1) is 6.42 Å². The lowest BCUT2D eigenvalue weighted by molar-refractivity contribution is -0.137. The first-order valence-corrected chi connectivity index (χ1v) is 4.82. The molecule has 1 saturated carbocycles. The van der Waals surface area contributed by atoms with Gasteiger partial charge in [0.25, 0.3) is 0 Å². The van der Waals surface area contributed by atoms with Crippen LogP contribution in [-0.4, -0.2) is 17.1 Å². The molecule has 2 rings (SSSR count). The van der Waals surface area contributed by atoms with Crippen molar-refractivity contribution in [1.82, 2.24) is 0 Å². The maximum atomic E-state index is 10.5. The van der Waals surface area contributed by atoms with E-state index in [9.17, 15) is 4.79 Å². The second-order valence-corrected chi connectivity index (χ2v) is 4.21. The van der Waals surface area contributed by atoms with Crippen molar-refractivity contribution < 1.29 is 9.90 Å². The molecule has 3 heteroatoms. The summed E-state index contributed by atoms with van der Waals surface area (Å²) in [6.07, 6.45) is 6.85. The summed E-state index contributed by atoms with van der Waals surface area (Å²) in [6, 6.07) is -0.155. The molecule has 0 aromatic rings. The number of carbonyl (C=O) groups is 1. The minimum atomic E-state index is -0.778. The van der Waals surface area contributed by atoms with Crippen LogP contribution in [0.5, 0.6) is 0 Å². The molecule has 3 nitrogen and oxygen atoms in total. The van der Waals surface area contributed by atoms with Crippen LogP contribution in [0.2, 0.25) is 0 Å². The minimum absolute atomic E-state index is 0.113. The van der Waals surface area contributed by atoms with Crippen LogP contribution in [0.4, 0.5) is 0 Å². The number of aliphatic carboxylic acids is 1. The van der Waals surface area contributed by atoms with Crippen molar-refractivity contribution in [3.8, 4) is 0 Å². The van der Waals surface area contributed by atoms with Gasteiger partial charge in [0.15, 0.2) is 0 Å². The topological polar surface area (TPSA) is 63.3 Å². The van der Waals surface area contributed by atoms with E-state index in [2.05, 4.69) is 12.2 Å². The van der Waals surface area contributed by atoms with Gasteiger partial charge in [0.2, 0.25) is 0 Å². The van der Waals surface area contributed by atoms with Crippen LogP contribution in [0.1, 0.15) is 19.3 Å². The molecule has 3 N–H and O–H groups in total. The highest BCUT2D eigenvalue weighted by Crippen LogP contribution is 2.44. The average Bonchev–Trinajstić information content (AvgIpc) is 2.62. The molecule has 2 bridgehead atoms. The van der Waals surface area contributed by atoms with E-state index in [0.29, 0.717) is 17.8 Å². The molecule has 0 aromatic heterocycles. The Kier molecular flexibility index (Phi) is 2.12. The van der Waals surface area contributed by atoms with Crippen molar-refractivity contribution in [2.24, 2.45) is 23.5 Å². The smallest absolute Gasteiger partial charge is 0.304 e. The monoisotopic (exact) mass is 181 g/mol. The van der Waals surface area contributed by atoms with Gasteiger partial charge in [-0.2, -0.15) is 0 Å². The average molecular weight is 181 g/mol. The quantitative estimate of drug-likeness (QED) is 0.638. The SMILES string of the molecule is N[C@@H](CC(=O)O)[C@H]1C[C@H]2C=C[C@@H]1C2. The maximum Gasteiger partial charge on any atom is 0.304 e. The van der Waals surface area contributed by atoms with E-state index in [4.69, 9.17) is 10.8 Å². The van der Waals surface area contributed by atoms with E-state index in [-0.39, 0.29) is 12.5 Å². The lowest BCUT2D eigenvalue weighted by Gasteiger charge is -2.23. The third kappa shape index (κ3) is 1.61. The Morgan fingerprint density at radius 3 is 2.77 bits per heavy atom. The number of carboxylic acid groups (broad SMARTS) is 1. The van der Waals surface area contributed by atoms with Crippen molar-refractivity contribution in [3.05, 3.63) is 12.2 Å². The van der Waals surface area contributed by atoms with Gasteiger partial charge in [-0.25, -0.2) is 0 Å². The molecule has 0 heterocycles. The number of hydrogen-bond donors (Lipinski definition) is 2. The Morgan fingerprint density at radius 2 is 2.31 bits per heavy atom. The van der Waals surface area contributed by atoms with Crippen LogP contribution < -0.4 is 5.73 Å². The number of allylic oxidation sites excluding steroid dienone is 2. The van der Waals surface area contributed by atoms with Gasteiger partial charge in [-0.15, -0.1) is 0 Å². The van der Waals surface area contributed by atoms with Gasteiger partial charge in [0, 0.05) is 6.04 Å². The Hall–Kier alpha value is -0.830. The number of rotatable bonds is 3. The molecule has 72 valence electrons. The molecule has 1 fully saturated rings. The number of carboxylic acids is 1. The van der Waals surface area contributed by atoms with Crippen molar-refractivity contribution in [2.75, 3.05) is 0 Å². The minimum Gasteiger partial charge on any atom is -0.481 e. The summed E-state index contributed by atoms with van der Waals surface area (Å²) in [7, 11) is 0. The van der Waals surface area contributed by atoms with Crippen molar-refractivity contribution in [1.29, 1.82) is 0 Å². The number of nitrogens with two attached hydrogens (primary N) is 1. The van der Waals surface area contributed by atoms with E-state index in [1.807, 2.05) is 0 Å². The highest BCUT2D eigenvalue weighted by atomic mass is 16.4. The number of hydrogen-bond acceptors (Lipinski definition) is 2. The predicted molar refractivity (Wildman–Crippen MR) is 49.1 cm³/mol. The summed E-state index contributed by atoms with van der Waals surface area (Å²) < 4.78 is 0.